The van der Waals surface area contributed by atoms with E-state index in [1.165, 1.54) is 36.4 Å². The van der Waals surface area contributed by atoms with Crippen LogP contribution in [0.5, 0.6) is 11.6 Å². The molecule has 1 heterocycles. The van der Waals surface area contributed by atoms with Gasteiger partial charge in [0.15, 0.2) is 0 Å². The molecule has 0 atom stereocenters. The Hall–Kier alpha value is -1.97. The lowest BCUT2D eigenvalue weighted by molar-refractivity contribution is 0.457. The number of nitrogens with zero attached hydrogens (tertiary/aromatic N) is 1. The lowest BCUT2D eigenvalue weighted by atomic mass is 10.3. The van der Waals surface area contributed by atoms with Gasteiger partial charge in [0.05, 0.1) is 6.20 Å². The molecule has 15 heavy (non-hydrogen) atoms. The predicted octanol–water partition coefficient (Wildman–Crippen LogP) is 3.15. The molecule has 0 saturated carbocycles. The number of ether oxygens (including phenoxy) is 1. The van der Waals surface area contributed by atoms with Crippen LogP contribution in [0.1, 0.15) is 0 Å². The van der Waals surface area contributed by atoms with Gasteiger partial charge in [-0.25, -0.2) is 13.8 Å². The quantitative estimate of drug-likeness (QED) is 0.754. The smallest absolute Gasteiger partial charge is 0.219 e. The lowest BCUT2D eigenvalue weighted by Crippen LogP contribution is -1.88. The summed E-state index contributed by atoms with van der Waals surface area (Å²) < 4.78 is 30.3. The average Bonchev–Trinajstić information content (AvgIpc) is 2.25. The number of benzene rings is 1. The third-order valence-corrected chi connectivity index (χ3v) is 1.74. The van der Waals surface area contributed by atoms with Gasteiger partial charge < -0.3 is 4.74 Å². The van der Waals surface area contributed by atoms with E-state index in [1.807, 2.05) is 0 Å². The zero-order valence-electron chi connectivity index (χ0n) is 7.65. The Morgan fingerprint density at radius 2 is 1.53 bits per heavy atom. The molecule has 0 spiro atoms. The molecule has 0 saturated heterocycles. The Morgan fingerprint density at radius 1 is 0.867 bits per heavy atom. The molecule has 1 aromatic carbocycles. The molecule has 0 aliphatic rings. The third-order valence-electron chi connectivity index (χ3n) is 1.74. The molecular weight excluding hydrogens is 200 g/mol. The van der Waals surface area contributed by atoms with Crippen LogP contribution < -0.4 is 4.74 Å². The summed E-state index contributed by atoms with van der Waals surface area (Å²) in [5.41, 5.74) is 0. The van der Waals surface area contributed by atoms with Gasteiger partial charge in [-0.1, -0.05) is 0 Å². The van der Waals surface area contributed by atoms with Crippen LogP contribution in [0.4, 0.5) is 8.78 Å². The van der Waals surface area contributed by atoms with E-state index in [-0.39, 0.29) is 11.7 Å². The molecule has 1 aromatic heterocycles. The van der Waals surface area contributed by atoms with Crippen molar-refractivity contribution in [3.8, 4) is 11.6 Å². The molecule has 2 nitrogen and oxygen atoms in total. The molecule has 2 aromatic rings. The summed E-state index contributed by atoms with van der Waals surface area (Å²) in [5, 5.41) is 0. The number of pyridine rings is 1. The summed E-state index contributed by atoms with van der Waals surface area (Å²) in [7, 11) is 0. The standard InChI is InChI=1S/C11H7F2NO/c12-8-1-4-10(5-2-8)15-11-6-3-9(13)7-14-11/h1-7H. The second-order valence-electron chi connectivity index (χ2n) is 2.87. The van der Waals surface area contributed by atoms with Gasteiger partial charge in [0, 0.05) is 6.07 Å². The fourth-order valence-corrected chi connectivity index (χ4v) is 1.05. The van der Waals surface area contributed by atoms with Gasteiger partial charge >= 0.3 is 0 Å². The normalized spacial score (nSPS) is 10.0. The highest BCUT2D eigenvalue weighted by molar-refractivity contribution is 5.26. The fraction of sp³-hybridized carbons (Fsp3) is 0. The van der Waals surface area contributed by atoms with Gasteiger partial charge in [0.1, 0.15) is 17.4 Å². The molecule has 0 radical (unpaired) electrons. The highest BCUT2D eigenvalue weighted by Gasteiger charge is 1.98. The maximum absolute atomic E-state index is 12.6. The second-order valence-corrected chi connectivity index (χ2v) is 2.87. The Balaban J connectivity index is 2.15. The monoisotopic (exact) mass is 207 g/mol. The first-order valence-corrected chi connectivity index (χ1v) is 4.29. The predicted molar refractivity (Wildman–Crippen MR) is 50.7 cm³/mol. The Morgan fingerprint density at radius 3 is 2.13 bits per heavy atom. The highest BCUT2D eigenvalue weighted by Crippen LogP contribution is 2.18. The van der Waals surface area contributed by atoms with Gasteiger partial charge in [-0.05, 0) is 30.3 Å². The van der Waals surface area contributed by atoms with E-state index in [1.54, 1.807) is 0 Å². The number of hydrogen-bond acceptors (Lipinski definition) is 2. The van der Waals surface area contributed by atoms with Crippen LogP contribution in [0.3, 0.4) is 0 Å². The first-order valence-electron chi connectivity index (χ1n) is 4.29. The molecule has 76 valence electrons. The van der Waals surface area contributed by atoms with Crippen LogP contribution in [0, 0.1) is 11.6 Å². The van der Waals surface area contributed by atoms with Gasteiger partial charge in [-0.15, -0.1) is 0 Å². The zero-order valence-corrected chi connectivity index (χ0v) is 7.65. The van der Waals surface area contributed by atoms with E-state index in [9.17, 15) is 8.78 Å². The Labute approximate surface area is 85.2 Å². The first-order chi connectivity index (χ1) is 7.24. The maximum atomic E-state index is 12.6. The van der Waals surface area contributed by atoms with E-state index in [0.717, 1.165) is 6.20 Å². The molecule has 0 unspecified atom stereocenters. The molecule has 0 aliphatic heterocycles. The lowest BCUT2D eigenvalue weighted by Gasteiger charge is -2.03. The van der Waals surface area contributed by atoms with Crippen LogP contribution >= 0.6 is 0 Å². The van der Waals surface area contributed by atoms with Crippen molar-refractivity contribution in [2.45, 2.75) is 0 Å². The SMILES string of the molecule is Fc1ccc(Oc2ccc(F)cn2)cc1. The van der Waals surface area contributed by atoms with E-state index in [2.05, 4.69) is 4.98 Å². The van der Waals surface area contributed by atoms with Gasteiger partial charge in [0.25, 0.3) is 0 Å². The number of hydrogen-bond donors (Lipinski definition) is 0. The Bertz CT molecular complexity index is 396. The molecule has 0 bridgehead atoms. The van der Waals surface area contributed by atoms with Gasteiger partial charge in [-0.3, -0.25) is 0 Å². The third kappa shape index (κ3) is 2.49. The maximum Gasteiger partial charge on any atom is 0.219 e. The summed E-state index contributed by atoms with van der Waals surface area (Å²) in [5.74, 6) is -0.0469. The largest absolute Gasteiger partial charge is 0.439 e. The summed E-state index contributed by atoms with van der Waals surface area (Å²) in [4.78, 5) is 3.71. The Kier molecular flexibility index (Phi) is 2.58. The van der Waals surface area contributed by atoms with E-state index in [0.29, 0.717) is 5.75 Å². The molecular formula is C11H7F2NO. The van der Waals surface area contributed by atoms with Gasteiger partial charge in [-0.2, -0.15) is 0 Å². The number of halogens is 2. The zero-order chi connectivity index (χ0) is 10.7. The van der Waals surface area contributed by atoms with Crippen LogP contribution in [0.25, 0.3) is 0 Å². The number of rotatable bonds is 2. The van der Waals surface area contributed by atoms with Crippen molar-refractivity contribution in [1.82, 2.24) is 4.98 Å². The van der Waals surface area contributed by atoms with Crippen molar-refractivity contribution >= 4 is 0 Å². The minimum atomic E-state index is -0.429. The van der Waals surface area contributed by atoms with Crippen LogP contribution in [-0.4, -0.2) is 4.98 Å². The molecule has 0 N–H and O–H groups in total. The van der Waals surface area contributed by atoms with Crippen molar-refractivity contribution in [2.75, 3.05) is 0 Å². The minimum Gasteiger partial charge on any atom is -0.439 e. The van der Waals surface area contributed by atoms with Crippen molar-refractivity contribution in [1.29, 1.82) is 0 Å². The summed E-state index contributed by atoms with van der Waals surface area (Å²) in [6.45, 7) is 0. The molecule has 0 fully saturated rings. The number of aromatic nitrogens is 1. The van der Waals surface area contributed by atoms with Crippen molar-refractivity contribution in [2.24, 2.45) is 0 Å². The summed E-state index contributed by atoms with van der Waals surface area (Å²) in [6, 6.07) is 8.14. The second kappa shape index (κ2) is 4.04. The average molecular weight is 207 g/mol. The summed E-state index contributed by atoms with van der Waals surface area (Å²) in [6.07, 6.45) is 1.05. The van der Waals surface area contributed by atoms with Crippen LogP contribution in [0.2, 0.25) is 0 Å². The fourth-order valence-electron chi connectivity index (χ4n) is 1.05. The van der Waals surface area contributed by atoms with Gasteiger partial charge in [0.2, 0.25) is 5.88 Å². The first kappa shape index (κ1) is 9.58. The van der Waals surface area contributed by atoms with E-state index < -0.39 is 5.82 Å². The molecule has 0 aliphatic carbocycles. The molecule has 4 heteroatoms. The highest BCUT2D eigenvalue weighted by atomic mass is 19.1. The van der Waals surface area contributed by atoms with Crippen molar-refractivity contribution in [3.05, 3.63) is 54.2 Å². The molecule has 2 rings (SSSR count). The van der Waals surface area contributed by atoms with Crippen LogP contribution in [-0.2, 0) is 0 Å². The topological polar surface area (TPSA) is 22.1 Å². The van der Waals surface area contributed by atoms with Crippen molar-refractivity contribution < 1.29 is 13.5 Å². The van der Waals surface area contributed by atoms with E-state index >= 15 is 0 Å². The van der Waals surface area contributed by atoms with E-state index in [4.69, 9.17) is 4.74 Å². The molecule has 0 amide bonds. The minimum absolute atomic E-state index is 0.267. The van der Waals surface area contributed by atoms with Crippen molar-refractivity contribution in [3.63, 3.8) is 0 Å². The summed E-state index contributed by atoms with van der Waals surface area (Å²) >= 11 is 0. The van der Waals surface area contributed by atoms with Crippen LogP contribution in [0.15, 0.2) is 42.6 Å².